The number of ether oxygens (including phenoxy) is 1. The molecule has 0 saturated carbocycles. The summed E-state index contributed by atoms with van der Waals surface area (Å²) in [6.07, 6.45) is 0. The average Bonchev–Trinajstić information content (AvgIpc) is 2.36. The first-order valence-electron chi connectivity index (χ1n) is 6.15. The van der Waals surface area contributed by atoms with Gasteiger partial charge in [-0.25, -0.2) is 8.78 Å². The van der Waals surface area contributed by atoms with Crippen molar-refractivity contribution in [3.63, 3.8) is 0 Å². The summed E-state index contributed by atoms with van der Waals surface area (Å²) in [5, 5.41) is 0. The van der Waals surface area contributed by atoms with E-state index in [0.717, 1.165) is 12.1 Å². The van der Waals surface area contributed by atoms with Crippen molar-refractivity contribution in [1.82, 2.24) is 0 Å². The number of carbonyl (C=O) groups excluding carboxylic acids is 2. The molecule has 110 valence electrons. The molecule has 1 rings (SSSR count). The van der Waals surface area contributed by atoms with Crippen LogP contribution < -0.4 is 0 Å². The Morgan fingerprint density at radius 2 is 1.90 bits per heavy atom. The number of hydrogen-bond donors (Lipinski definition) is 0. The number of benzene rings is 1. The molecule has 0 aliphatic heterocycles. The van der Waals surface area contributed by atoms with Gasteiger partial charge < -0.3 is 4.74 Å². The normalized spacial score (nSPS) is 12.3. The van der Waals surface area contributed by atoms with Crippen molar-refractivity contribution in [3.8, 4) is 0 Å². The highest BCUT2D eigenvalue weighted by Crippen LogP contribution is 2.28. The van der Waals surface area contributed by atoms with E-state index in [-0.39, 0.29) is 22.6 Å². The first-order valence-corrected chi connectivity index (χ1v) is 6.94. The third-order valence-electron chi connectivity index (χ3n) is 2.79. The molecule has 1 unspecified atom stereocenters. The first-order chi connectivity index (χ1) is 9.31. The predicted molar refractivity (Wildman–Crippen MR) is 73.3 cm³/mol. The zero-order chi connectivity index (χ0) is 15.4. The first kappa shape index (κ1) is 16.8. The highest BCUT2D eigenvalue weighted by Gasteiger charge is 2.33. The molecule has 0 amide bonds. The lowest BCUT2D eigenvalue weighted by Gasteiger charge is -2.18. The van der Waals surface area contributed by atoms with Gasteiger partial charge in [-0.2, -0.15) is 0 Å². The summed E-state index contributed by atoms with van der Waals surface area (Å²) in [6, 6.07) is 2.01. The van der Waals surface area contributed by atoms with Crippen LogP contribution in [0.4, 0.5) is 8.78 Å². The number of Topliss-reactive ketones (excluding diaryl/α,β-unsaturated/α-hetero) is 1. The Bertz CT molecular complexity index is 529. The standard InChI is InChI=1S/C14H15BrF2O3/c1-4-20-14(19)10(7(2)3)13(18)8-5-6-9(16)12(17)11(8)15/h5-7,10H,4H2,1-3H3. The molecule has 0 radical (unpaired) electrons. The van der Waals surface area contributed by atoms with Gasteiger partial charge in [-0.15, -0.1) is 0 Å². The second-order valence-corrected chi connectivity index (χ2v) is 5.35. The Balaban J connectivity index is 3.20. The van der Waals surface area contributed by atoms with Crippen LogP contribution in [0.5, 0.6) is 0 Å². The fourth-order valence-electron chi connectivity index (χ4n) is 1.80. The molecular formula is C14H15BrF2O3. The van der Waals surface area contributed by atoms with Gasteiger partial charge in [-0.1, -0.05) is 13.8 Å². The monoisotopic (exact) mass is 348 g/mol. The topological polar surface area (TPSA) is 43.4 Å². The van der Waals surface area contributed by atoms with E-state index in [0.29, 0.717) is 0 Å². The summed E-state index contributed by atoms with van der Waals surface area (Å²) in [7, 11) is 0. The largest absolute Gasteiger partial charge is 0.465 e. The molecule has 0 aliphatic carbocycles. The minimum atomic E-state index is -1.15. The minimum Gasteiger partial charge on any atom is -0.465 e. The van der Waals surface area contributed by atoms with Crippen LogP contribution in [0.15, 0.2) is 16.6 Å². The highest BCUT2D eigenvalue weighted by atomic mass is 79.9. The zero-order valence-electron chi connectivity index (χ0n) is 11.4. The number of carbonyl (C=O) groups is 2. The van der Waals surface area contributed by atoms with Gasteiger partial charge in [0, 0.05) is 5.56 Å². The summed E-state index contributed by atoms with van der Waals surface area (Å²) in [5.41, 5.74) is -0.0735. The van der Waals surface area contributed by atoms with E-state index in [1.807, 2.05) is 0 Å². The number of hydrogen-bond acceptors (Lipinski definition) is 3. The fourth-order valence-corrected chi connectivity index (χ4v) is 2.31. The number of ketones is 1. The van der Waals surface area contributed by atoms with E-state index in [2.05, 4.69) is 15.9 Å². The van der Waals surface area contributed by atoms with E-state index in [1.54, 1.807) is 20.8 Å². The van der Waals surface area contributed by atoms with Gasteiger partial charge in [0.25, 0.3) is 0 Å². The Hall–Kier alpha value is -1.30. The Kier molecular flexibility index (Phi) is 5.80. The summed E-state index contributed by atoms with van der Waals surface area (Å²) >= 11 is 2.85. The van der Waals surface area contributed by atoms with E-state index in [4.69, 9.17) is 4.74 Å². The maximum atomic E-state index is 13.5. The molecule has 0 bridgehead atoms. The Labute approximate surface area is 124 Å². The number of halogens is 3. The van der Waals surface area contributed by atoms with E-state index >= 15 is 0 Å². The van der Waals surface area contributed by atoms with Crippen LogP contribution >= 0.6 is 15.9 Å². The fraction of sp³-hybridized carbons (Fsp3) is 0.429. The minimum absolute atomic E-state index is 0.0735. The van der Waals surface area contributed by atoms with Crippen molar-refractivity contribution < 1.29 is 23.1 Å². The molecule has 0 spiro atoms. The van der Waals surface area contributed by atoms with Crippen LogP contribution in [0.25, 0.3) is 0 Å². The summed E-state index contributed by atoms with van der Waals surface area (Å²) in [5.74, 6) is -4.83. The van der Waals surface area contributed by atoms with Crippen LogP contribution in [-0.2, 0) is 9.53 Å². The van der Waals surface area contributed by atoms with Gasteiger partial charge in [-0.05, 0) is 40.9 Å². The maximum Gasteiger partial charge on any atom is 0.317 e. The average molecular weight is 349 g/mol. The molecule has 20 heavy (non-hydrogen) atoms. The summed E-state index contributed by atoms with van der Waals surface area (Å²) < 4.78 is 31.1. The van der Waals surface area contributed by atoms with Crippen molar-refractivity contribution in [2.24, 2.45) is 11.8 Å². The summed E-state index contributed by atoms with van der Waals surface area (Å²) in [6.45, 7) is 5.15. The maximum absolute atomic E-state index is 13.5. The van der Waals surface area contributed by atoms with Crippen molar-refractivity contribution in [2.75, 3.05) is 6.61 Å². The summed E-state index contributed by atoms with van der Waals surface area (Å²) in [4.78, 5) is 24.2. The third kappa shape index (κ3) is 3.42. The quantitative estimate of drug-likeness (QED) is 0.352. The number of rotatable bonds is 5. The molecule has 6 heteroatoms. The van der Waals surface area contributed by atoms with Crippen LogP contribution in [0.2, 0.25) is 0 Å². The molecule has 0 heterocycles. The number of esters is 1. The van der Waals surface area contributed by atoms with Gasteiger partial charge in [0.2, 0.25) is 0 Å². The third-order valence-corrected chi connectivity index (χ3v) is 3.57. The molecule has 1 aromatic carbocycles. The molecule has 0 N–H and O–H groups in total. The molecule has 0 fully saturated rings. The Morgan fingerprint density at radius 3 is 2.40 bits per heavy atom. The lowest BCUT2D eigenvalue weighted by molar-refractivity contribution is -0.147. The SMILES string of the molecule is CCOC(=O)C(C(=O)c1ccc(F)c(F)c1Br)C(C)C. The van der Waals surface area contributed by atoms with Crippen molar-refractivity contribution in [3.05, 3.63) is 33.8 Å². The lowest BCUT2D eigenvalue weighted by atomic mass is 9.88. The molecule has 3 nitrogen and oxygen atoms in total. The van der Waals surface area contributed by atoms with Gasteiger partial charge in [0.1, 0.15) is 5.92 Å². The smallest absolute Gasteiger partial charge is 0.317 e. The van der Waals surface area contributed by atoms with Gasteiger partial charge in [0.05, 0.1) is 11.1 Å². The zero-order valence-corrected chi connectivity index (χ0v) is 13.0. The van der Waals surface area contributed by atoms with E-state index < -0.39 is 29.3 Å². The molecule has 1 atom stereocenters. The van der Waals surface area contributed by atoms with E-state index in [9.17, 15) is 18.4 Å². The van der Waals surface area contributed by atoms with Crippen molar-refractivity contribution >= 4 is 27.7 Å². The molecule has 1 aromatic rings. The lowest BCUT2D eigenvalue weighted by Crippen LogP contribution is -2.31. The van der Waals surface area contributed by atoms with Gasteiger partial charge >= 0.3 is 5.97 Å². The highest BCUT2D eigenvalue weighted by molar-refractivity contribution is 9.10. The van der Waals surface area contributed by atoms with Gasteiger partial charge in [-0.3, -0.25) is 9.59 Å². The van der Waals surface area contributed by atoms with E-state index in [1.165, 1.54) is 0 Å². The van der Waals surface area contributed by atoms with Crippen molar-refractivity contribution in [2.45, 2.75) is 20.8 Å². The molecular weight excluding hydrogens is 334 g/mol. The van der Waals surface area contributed by atoms with Crippen LogP contribution in [0.1, 0.15) is 31.1 Å². The molecule has 0 aliphatic rings. The van der Waals surface area contributed by atoms with Gasteiger partial charge in [0.15, 0.2) is 17.4 Å². The molecule has 0 saturated heterocycles. The Morgan fingerprint density at radius 1 is 1.30 bits per heavy atom. The van der Waals surface area contributed by atoms with Crippen molar-refractivity contribution in [1.29, 1.82) is 0 Å². The van der Waals surface area contributed by atoms with Crippen LogP contribution in [0, 0.1) is 23.5 Å². The van der Waals surface area contributed by atoms with Crippen LogP contribution in [-0.4, -0.2) is 18.4 Å². The second-order valence-electron chi connectivity index (χ2n) is 4.56. The van der Waals surface area contributed by atoms with Crippen LogP contribution in [0.3, 0.4) is 0 Å². The predicted octanol–water partition coefficient (Wildman–Crippen LogP) is 3.75. The molecule has 0 aromatic heterocycles. The second kappa shape index (κ2) is 6.92.